The van der Waals surface area contributed by atoms with Crippen LogP contribution in [0.3, 0.4) is 0 Å². The molecule has 2 rings (SSSR count). The Hall–Kier alpha value is -1.69. The average Bonchev–Trinajstić information content (AvgIpc) is 2.40. The number of rotatable bonds is 5. The molecular formula is C12H18N4O2. The number of carboxylic acid groups (broad SMARTS) is 1. The third-order valence-electron chi connectivity index (χ3n) is 3.11. The summed E-state index contributed by atoms with van der Waals surface area (Å²) in [6.45, 7) is 2.67. The highest BCUT2D eigenvalue weighted by atomic mass is 16.4. The molecule has 2 heterocycles. The average molecular weight is 250 g/mol. The summed E-state index contributed by atoms with van der Waals surface area (Å²) < 4.78 is 0. The van der Waals surface area contributed by atoms with Crippen LogP contribution in [-0.4, -0.2) is 47.5 Å². The van der Waals surface area contributed by atoms with Gasteiger partial charge in [-0.05, 0) is 30.9 Å². The monoisotopic (exact) mass is 250 g/mol. The van der Waals surface area contributed by atoms with E-state index >= 15 is 0 Å². The van der Waals surface area contributed by atoms with Crippen molar-refractivity contribution in [2.75, 3.05) is 31.1 Å². The Labute approximate surface area is 106 Å². The van der Waals surface area contributed by atoms with E-state index in [1.807, 2.05) is 12.1 Å². The van der Waals surface area contributed by atoms with Crippen molar-refractivity contribution in [1.82, 2.24) is 15.5 Å². The zero-order valence-electron chi connectivity index (χ0n) is 10.2. The number of hydrogen-bond acceptors (Lipinski definition) is 5. The van der Waals surface area contributed by atoms with Crippen LogP contribution in [0, 0.1) is 5.92 Å². The molecule has 0 spiro atoms. The molecule has 1 saturated heterocycles. The van der Waals surface area contributed by atoms with Crippen molar-refractivity contribution in [2.24, 2.45) is 5.92 Å². The lowest BCUT2D eigenvalue weighted by molar-refractivity contribution is -0.136. The van der Waals surface area contributed by atoms with Gasteiger partial charge in [-0.15, -0.1) is 5.10 Å². The third kappa shape index (κ3) is 3.66. The Morgan fingerprint density at radius 3 is 3.22 bits per heavy atom. The maximum absolute atomic E-state index is 10.4. The van der Waals surface area contributed by atoms with Gasteiger partial charge in [-0.25, -0.2) is 0 Å². The van der Waals surface area contributed by atoms with E-state index in [1.165, 1.54) is 0 Å². The lowest BCUT2D eigenvalue weighted by atomic mass is 9.98. The summed E-state index contributed by atoms with van der Waals surface area (Å²) in [6, 6.07) is 3.84. The summed E-state index contributed by atoms with van der Waals surface area (Å²) in [4.78, 5) is 12.6. The molecule has 0 aliphatic carbocycles. The molecule has 2 N–H and O–H groups in total. The fourth-order valence-electron chi connectivity index (χ4n) is 2.29. The van der Waals surface area contributed by atoms with Gasteiger partial charge >= 0.3 is 5.97 Å². The maximum atomic E-state index is 10.4. The Kier molecular flexibility index (Phi) is 4.46. The maximum Gasteiger partial charge on any atom is 0.317 e. The second-order valence-electron chi connectivity index (χ2n) is 4.56. The SMILES string of the molecule is O=C(O)CNCC1CCCN(c2cccnn2)C1. The predicted octanol–water partition coefficient (Wildman–Crippen LogP) is 0.367. The molecule has 1 aliphatic rings. The largest absolute Gasteiger partial charge is 0.480 e. The van der Waals surface area contributed by atoms with E-state index in [4.69, 9.17) is 5.11 Å². The quantitative estimate of drug-likeness (QED) is 0.786. The van der Waals surface area contributed by atoms with Crippen molar-refractivity contribution in [3.8, 4) is 0 Å². The molecule has 6 nitrogen and oxygen atoms in total. The van der Waals surface area contributed by atoms with Crippen LogP contribution in [0.15, 0.2) is 18.3 Å². The summed E-state index contributed by atoms with van der Waals surface area (Å²) >= 11 is 0. The molecule has 6 heteroatoms. The number of aliphatic carboxylic acids is 1. The number of anilines is 1. The second-order valence-corrected chi connectivity index (χ2v) is 4.56. The Morgan fingerprint density at radius 1 is 1.61 bits per heavy atom. The van der Waals surface area contributed by atoms with Gasteiger partial charge in [0.05, 0.1) is 6.54 Å². The van der Waals surface area contributed by atoms with Crippen LogP contribution in [0.5, 0.6) is 0 Å². The van der Waals surface area contributed by atoms with Gasteiger partial charge in [0.15, 0.2) is 5.82 Å². The lowest BCUT2D eigenvalue weighted by Crippen LogP contribution is -2.41. The van der Waals surface area contributed by atoms with Gasteiger partial charge in [0.25, 0.3) is 0 Å². The van der Waals surface area contributed by atoms with E-state index in [2.05, 4.69) is 20.4 Å². The first-order valence-corrected chi connectivity index (χ1v) is 6.21. The van der Waals surface area contributed by atoms with Gasteiger partial charge in [-0.2, -0.15) is 5.10 Å². The van der Waals surface area contributed by atoms with Crippen molar-refractivity contribution in [3.05, 3.63) is 18.3 Å². The lowest BCUT2D eigenvalue weighted by Gasteiger charge is -2.33. The van der Waals surface area contributed by atoms with Crippen LogP contribution in [0.1, 0.15) is 12.8 Å². The van der Waals surface area contributed by atoms with Crippen LogP contribution < -0.4 is 10.2 Å². The molecule has 0 bridgehead atoms. The van der Waals surface area contributed by atoms with Gasteiger partial charge in [0.2, 0.25) is 0 Å². The molecule has 1 unspecified atom stereocenters. The fraction of sp³-hybridized carbons (Fsp3) is 0.583. The molecular weight excluding hydrogens is 232 g/mol. The van der Waals surface area contributed by atoms with Gasteiger partial charge in [0, 0.05) is 25.8 Å². The van der Waals surface area contributed by atoms with Crippen LogP contribution in [0.25, 0.3) is 0 Å². The van der Waals surface area contributed by atoms with Crippen molar-refractivity contribution in [3.63, 3.8) is 0 Å². The van der Waals surface area contributed by atoms with Crippen LogP contribution >= 0.6 is 0 Å². The van der Waals surface area contributed by atoms with Gasteiger partial charge in [-0.1, -0.05) is 0 Å². The number of piperidine rings is 1. The molecule has 1 aromatic heterocycles. The zero-order valence-corrected chi connectivity index (χ0v) is 10.2. The van der Waals surface area contributed by atoms with Crippen molar-refractivity contribution >= 4 is 11.8 Å². The molecule has 98 valence electrons. The Bertz CT molecular complexity index is 385. The second kappa shape index (κ2) is 6.30. The van der Waals surface area contributed by atoms with E-state index in [0.717, 1.165) is 38.3 Å². The number of aromatic nitrogens is 2. The zero-order chi connectivity index (χ0) is 12.8. The highest BCUT2D eigenvalue weighted by Crippen LogP contribution is 2.20. The molecule has 1 aromatic rings. The van der Waals surface area contributed by atoms with Crippen LogP contribution in [-0.2, 0) is 4.79 Å². The predicted molar refractivity (Wildman–Crippen MR) is 67.5 cm³/mol. The summed E-state index contributed by atoms with van der Waals surface area (Å²) in [6.07, 6.45) is 3.90. The van der Waals surface area contributed by atoms with Crippen LogP contribution in [0.2, 0.25) is 0 Å². The molecule has 0 amide bonds. The first-order valence-electron chi connectivity index (χ1n) is 6.21. The number of nitrogens with one attached hydrogen (secondary N) is 1. The van der Waals surface area contributed by atoms with Crippen LogP contribution in [0.4, 0.5) is 5.82 Å². The first kappa shape index (κ1) is 12.8. The van der Waals surface area contributed by atoms with E-state index < -0.39 is 5.97 Å². The highest BCUT2D eigenvalue weighted by molar-refractivity contribution is 5.68. The number of hydrogen-bond donors (Lipinski definition) is 2. The molecule has 18 heavy (non-hydrogen) atoms. The van der Waals surface area contributed by atoms with E-state index in [0.29, 0.717) is 5.92 Å². The normalized spacial score (nSPS) is 19.8. The number of carboxylic acids is 1. The minimum atomic E-state index is -0.809. The summed E-state index contributed by atoms with van der Waals surface area (Å²) in [5, 5.41) is 19.5. The molecule has 0 aromatic carbocycles. The van der Waals surface area contributed by atoms with E-state index in [-0.39, 0.29) is 6.54 Å². The number of nitrogens with zero attached hydrogens (tertiary/aromatic N) is 3. The molecule has 0 saturated carbocycles. The van der Waals surface area contributed by atoms with Crippen molar-refractivity contribution in [1.29, 1.82) is 0 Å². The Balaban J connectivity index is 1.83. The molecule has 1 atom stereocenters. The van der Waals surface area contributed by atoms with Crippen molar-refractivity contribution < 1.29 is 9.90 Å². The van der Waals surface area contributed by atoms with Gasteiger partial charge < -0.3 is 15.3 Å². The smallest absolute Gasteiger partial charge is 0.317 e. The minimum Gasteiger partial charge on any atom is -0.480 e. The first-order chi connectivity index (χ1) is 8.75. The number of carbonyl (C=O) groups is 1. The molecule has 0 radical (unpaired) electrons. The van der Waals surface area contributed by atoms with Gasteiger partial charge in [0.1, 0.15) is 0 Å². The summed E-state index contributed by atoms with van der Waals surface area (Å²) in [5.74, 6) is 0.567. The third-order valence-corrected chi connectivity index (χ3v) is 3.11. The minimum absolute atomic E-state index is 0.0294. The van der Waals surface area contributed by atoms with Gasteiger partial charge in [-0.3, -0.25) is 4.79 Å². The van der Waals surface area contributed by atoms with E-state index in [1.54, 1.807) is 6.20 Å². The molecule has 1 fully saturated rings. The standard InChI is InChI=1S/C12H18N4O2/c17-12(18)8-13-7-10-3-2-6-16(9-10)11-4-1-5-14-15-11/h1,4-5,10,13H,2-3,6-9H2,(H,17,18). The highest BCUT2D eigenvalue weighted by Gasteiger charge is 2.20. The fourth-order valence-corrected chi connectivity index (χ4v) is 2.29. The summed E-state index contributed by atoms with van der Waals surface area (Å²) in [5.41, 5.74) is 0. The summed E-state index contributed by atoms with van der Waals surface area (Å²) in [7, 11) is 0. The topological polar surface area (TPSA) is 78.4 Å². The molecule has 1 aliphatic heterocycles. The van der Waals surface area contributed by atoms with E-state index in [9.17, 15) is 4.79 Å². The Morgan fingerprint density at radius 2 is 2.50 bits per heavy atom. The van der Waals surface area contributed by atoms with Crippen molar-refractivity contribution in [2.45, 2.75) is 12.8 Å².